The lowest BCUT2D eigenvalue weighted by molar-refractivity contribution is 0.579. The SMILES string of the molecule is CCCS(=O)(=O)CCn1cc(C(C)Cl)cn1. The first-order chi connectivity index (χ1) is 7.44. The van der Waals surface area contributed by atoms with Gasteiger partial charge in [-0.15, -0.1) is 11.6 Å². The van der Waals surface area contributed by atoms with Crippen LogP contribution in [0.5, 0.6) is 0 Å². The van der Waals surface area contributed by atoms with Crippen molar-refractivity contribution in [2.24, 2.45) is 0 Å². The number of halogens is 1. The summed E-state index contributed by atoms with van der Waals surface area (Å²) in [6.07, 6.45) is 4.12. The van der Waals surface area contributed by atoms with Gasteiger partial charge in [0.1, 0.15) is 0 Å². The van der Waals surface area contributed by atoms with Gasteiger partial charge < -0.3 is 0 Å². The van der Waals surface area contributed by atoms with E-state index in [4.69, 9.17) is 11.6 Å². The van der Waals surface area contributed by atoms with E-state index in [1.165, 1.54) is 0 Å². The fraction of sp³-hybridized carbons (Fsp3) is 0.700. The molecule has 1 aromatic rings. The van der Waals surface area contributed by atoms with Gasteiger partial charge in [0.05, 0.1) is 23.9 Å². The van der Waals surface area contributed by atoms with Crippen molar-refractivity contribution in [2.75, 3.05) is 11.5 Å². The molecule has 0 fully saturated rings. The number of sulfone groups is 1. The van der Waals surface area contributed by atoms with Crippen molar-refractivity contribution in [3.05, 3.63) is 18.0 Å². The quantitative estimate of drug-likeness (QED) is 0.739. The van der Waals surface area contributed by atoms with Crippen LogP contribution in [-0.2, 0) is 16.4 Å². The third kappa shape index (κ3) is 4.14. The van der Waals surface area contributed by atoms with Gasteiger partial charge in [-0.25, -0.2) is 8.42 Å². The molecule has 6 heteroatoms. The molecule has 0 radical (unpaired) electrons. The highest BCUT2D eigenvalue weighted by molar-refractivity contribution is 7.91. The first kappa shape index (κ1) is 13.5. The van der Waals surface area contributed by atoms with Gasteiger partial charge in [-0.1, -0.05) is 6.92 Å². The lowest BCUT2D eigenvalue weighted by Gasteiger charge is -2.03. The van der Waals surface area contributed by atoms with Crippen LogP contribution < -0.4 is 0 Å². The monoisotopic (exact) mass is 264 g/mol. The van der Waals surface area contributed by atoms with Crippen LogP contribution in [0.4, 0.5) is 0 Å². The smallest absolute Gasteiger partial charge is 0.152 e. The molecule has 1 unspecified atom stereocenters. The van der Waals surface area contributed by atoms with Crippen LogP contribution in [0.3, 0.4) is 0 Å². The molecule has 0 bridgehead atoms. The Hall–Kier alpha value is -0.550. The maximum atomic E-state index is 11.5. The fourth-order valence-electron chi connectivity index (χ4n) is 1.35. The average Bonchev–Trinajstić information content (AvgIpc) is 2.63. The minimum atomic E-state index is -2.93. The van der Waals surface area contributed by atoms with E-state index in [0.29, 0.717) is 13.0 Å². The second-order valence-corrected chi connectivity index (χ2v) is 6.76. The Kier molecular flexibility index (Phi) is 4.80. The summed E-state index contributed by atoms with van der Waals surface area (Å²) in [6.45, 7) is 4.11. The molecule has 0 aliphatic rings. The van der Waals surface area contributed by atoms with E-state index in [1.54, 1.807) is 17.1 Å². The summed E-state index contributed by atoms with van der Waals surface area (Å²) in [6, 6.07) is 0. The molecule has 1 rings (SSSR count). The number of aromatic nitrogens is 2. The number of alkyl halides is 1. The minimum Gasteiger partial charge on any atom is -0.271 e. The molecule has 0 saturated heterocycles. The molecule has 1 atom stereocenters. The second-order valence-electron chi connectivity index (χ2n) is 3.80. The Morgan fingerprint density at radius 3 is 2.69 bits per heavy atom. The van der Waals surface area contributed by atoms with Crippen molar-refractivity contribution in [1.29, 1.82) is 0 Å². The third-order valence-corrected chi connectivity index (χ3v) is 4.35. The normalized spacial score (nSPS) is 13.9. The van der Waals surface area contributed by atoms with Gasteiger partial charge in [0.25, 0.3) is 0 Å². The second kappa shape index (κ2) is 5.68. The number of hydrogen-bond acceptors (Lipinski definition) is 3. The highest BCUT2D eigenvalue weighted by Gasteiger charge is 2.10. The van der Waals surface area contributed by atoms with Crippen molar-refractivity contribution in [1.82, 2.24) is 9.78 Å². The molecule has 0 amide bonds. The van der Waals surface area contributed by atoms with Gasteiger partial charge in [0.2, 0.25) is 0 Å². The van der Waals surface area contributed by atoms with E-state index in [0.717, 1.165) is 5.56 Å². The number of aryl methyl sites for hydroxylation is 1. The Morgan fingerprint density at radius 2 is 2.19 bits per heavy atom. The van der Waals surface area contributed by atoms with Crippen molar-refractivity contribution in [3.8, 4) is 0 Å². The van der Waals surface area contributed by atoms with Crippen LogP contribution in [0, 0.1) is 0 Å². The molecule has 0 aliphatic carbocycles. The summed E-state index contributed by atoms with van der Waals surface area (Å²) in [4.78, 5) is 0. The zero-order valence-electron chi connectivity index (χ0n) is 9.56. The van der Waals surface area contributed by atoms with E-state index in [9.17, 15) is 8.42 Å². The maximum Gasteiger partial charge on any atom is 0.152 e. The van der Waals surface area contributed by atoms with E-state index >= 15 is 0 Å². The maximum absolute atomic E-state index is 11.5. The molecule has 0 aromatic carbocycles. The predicted octanol–water partition coefficient (Wildman–Crippen LogP) is 2.01. The Labute approximate surface area is 102 Å². The molecule has 1 aromatic heterocycles. The summed E-state index contributed by atoms with van der Waals surface area (Å²) in [5.41, 5.74) is 0.912. The summed E-state index contributed by atoms with van der Waals surface area (Å²) in [7, 11) is -2.93. The third-order valence-electron chi connectivity index (χ3n) is 2.26. The standard InChI is InChI=1S/C10H17ClN2O2S/c1-3-5-16(14,15)6-4-13-8-10(7-12-13)9(2)11/h7-9H,3-6H2,1-2H3. The Bertz CT molecular complexity index is 426. The Morgan fingerprint density at radius 1 is 1.50 bits per heavy atom. The van der Waals surface area contributed by atoms with Gasteiger partial charge in [-0.3, -0.25) is 4.68 Å². The lowest BCUT2D eigenvalue weighted by Crippen LogP contribution is -2.15. The van der Waals surface area contributed by atoms with Crippen molar-refractivity contribution in [2.45, 2.75) is 32.2 Å². The Balaban J connectivity index is 2.55. The van der Waals surface area contributed by atoms with Gasteiger partial charge in [-0.05, 0) is 13.3 Å². The van der Waals surface area contributed by atoms with E-state index in [2.05, 4.69) is 5.10 Å². The first-order valence-corrected chi connectivity index (χ1v) is 7.57. The van der Waals surface area contributed by atoms with Crippen LogP contribution in [0.15, 0.2) is 12.4 Å². The van der Waals surface area contributed by atoms with E-state index in [-0.39, 0.29) is 16.9 Å². The van der Waals surface area contributed by atoms with Crippen molar-refractivity contribution >= 4 is 21.4 Å². The largest absolute Gasteiger partial charge is 0.271 e. The first-order valence-electron chi connectivity index (χ1n) is 5.31. The molecule has 0 spiro atoms. The van der Waals surface area contributed by atoms with Crippen LogP contribution in [-0.4, -0.2) is 29.7 Å². The van der Waals surface area contributed by atoms with Gasteiger partial charge in [0, 0.05) is 17.5 Å². The van der Waals surface area contributed by atoms with Crippen LogP contribution in [0.25, 0.3) is 0 Å². The molecule has 1 heterocycles. The molecule has 16 heavy (non-hydrogen) atoms. The topological polar surface area (TPSA) is 52.0 Å². The van der Waals surface area contributed by atoms with Gasteiger partial charge in [-0.2, -0.15) is 5.10 Å². The highest BCUT2D eigenvalue weighted by atomic mass is 35.5. The summed E-state index contributed by atoms with van der Waals surface area (Å²) in [5.74, 6) is 0.381. The van der Waals surface area contributed by atoms with Crippen molar-refractivity contribution in [3.63, 3.8) is 0 Å². The van der Waals surface area contributed by atoms with Crippen LogP contribution in [0.1, 0.15) is 31.2 Å². The lowest BCUT2D eigenvalue weighted by atomic mass is 10.3. The van der Waals surface area contributed by atoms with E-state index in [1.807, 2.05) is 13.8 Å². The molecule has 92 valence electrons. The predicted molar refractivity (Wildman–Crippen MR) is 65.4 cm³/mol. The summed E-state index contributed by atoms with van der Waals surface area (Å²) < 4.78 is 24.6. The highest BCUT2D eigenvalue weighted by Crippen LogP contribution is 2.17. The number of rotatable bonds is 6. The molecule has 4 nitrogen and oxygen atoms in total. The van der Waals surface area contributed by atoms with Crippen LogP contribution in [0.2, 0.25) is 0 Å². The number of nitrogens with zero attached hydrogens (tertiary/aromatic N) is 2. The molecule has 0 saturated carbocycles. The summed E-state index contributed by atoms with van der Waals surface area (Å²) in [5, 5.41) is 3.97. The zero-order valence-corrected chi connectivity index (χ0v) is 11.1. The molecule has 0 aliphatic heterocycles. The average molecular weight is 265 g/mol. The summed E-state index contributed by atoms with van der Waals surface area (Å²) >= 11 is 5.88. The van der Waals surface area contributed by atoms with Crippen LogP contribution >= 0.6 is 11.6 Å². The minimum absolute atomic E-state index is 0.0963. The van der Waals surface area contributed by atoms with Crippen molar-refractivity contribution < 1.29 is 8.42 Å². The fourth-order valence-corrected chi connectivity index (χ4v) is 2.76. The van der Waals surface area contributed by atoms with E-state index < -0.39 is 9.84 Å². The molecule has 0 N–H and O–H groups in total. The molecular weight excluding hydrogens is 248 g/mol. The van der Waals surface area contributed by atoms with Gasteiger partial charge in [0.15, 0.2) is 9.84 Å². The number of hydrogen-bond donors (Lipinski definition) is 0. The molecular formula is C10H17ClN2O2S. The van der Waals surface area contributed by atoms with Gasteiger partial charge >= 0.3 is 0 Å². The zero-order chi connectivity index (χ0) is 12.2.